The number of rotatable bonds is 5. The SMILES string of the molecule is Cc1ccc(N2CCC(CO)C2)c(CNC(C)C)c1. The van der Waals surface area contributed by atoms with Gasteiger partial charge in [-0.1, -0.05) is 31.5 Å². The lowest BCUT2D eigenvalue weighted by molar-refractivity contribution is 0.238. The van der Waals surface area contributed by atoms with Crippen molar-refractivity contribution in [1.29, 1.82) is 0 Å². The van der Waals surface area contributed by atoms with E-state index in [4.69, 9.17) is 0 Å². The predicted molar refractivity (Wildman–Crippen MR) is 80.6 cm³/mol. The molecule has 1 unspecified atom stereocenters. The predicted octanol–water partition coefficient (Wildman–Crippen LogP) is 2.31. The molecule has 0 aliphatic carbocycles. The fraction of sp³-hybridized carbons (Fsp3) is 0.625. The Bertz CT molecular complexity index is 417. The summed E-state index contributed by atoms with van der Waals surface area (Å²) in [5.74, 6) is 0.437. The van der Waals surface area contributed by atoms with Gasteiger partial charge in [0.1, 0.15) is 0 Å². The minimum atomic E-state index is 0.307. The highest BCUT2D eigenvalue weighted by Gasteiger charge is 2.23. The van der Waals surface area contributed by atoms with E-state index in [2.05, 4.69) is 49.2 Å². The maximum atomic E-state index is 9.28. The molecule has 19 heavy (non-hydrogen) atoms. The molecular formula is C16H26N2O. The van der Waals surface area contributed by atoms with Crippen LogP contribution in [0, 0.1) is 12.8 Å². The van der Waals surface area contributed by atoms with E-state index in [0.717, 1.165) is 26.1 Å². The van der Waals surface area contributed by atoms with E-state index in [-0.39, 0.29) is 0 Å². The molecule has 3 nitrogen and oxygen atoms in total. The summed E-state index contributed by atoms with van der Waals surface area (Å²) < 4.78 is 0. The minimum absolute atomic E-state index is 0.307. The zero-order chi connectivity index (χ0) is 13.8. The normalized spacial score (nSPS) is 19.4. The molecule has 1 saturated heterocycles. The molecule has 0 amide bonds. The summed E-state index contributed by atoms with van der Waals surface area (Å²) in [6.45, 7) is 9.75. The molecule has 0 spiro atoms. The average Bonchev–Trinajstić information content (AvgIpc) is 2.85. The van der Waals surface area contributed by atoms with Gasteiger partial charge in [-0.05, 0) is 25.0 Å². The molecule has 1 aliphatic rings. The van der Waals surface area contributed by atoms with Gasteiger partial charge in [-0.15, -0.1) is 0 Å². The molecule has 0 saturated carbocycles. The van der Waals surface area contributed by atoms with Crippen molar-refractivity contribution >= 4 is 5.69 Å². The Labute approximate surface area is 116 Å². The van der Waals surface area contributed by atoms with Crippen LogP contribution in [0.1, 0.15) is 31.4 Å². The molecule has 1 fully saturated rings. The van der Waals surface area contributed by atoms with Crippen LogP contribution in [0.3, 0.4) is 0 Å². The molecule has 3 heteroatoms. The Morgan fingerprint density at radius 2 is 2.21 bits per heavy atom. The van der Waals surface area contributed by atoms with Crippen LogP contribution in [0.4, 0.5) is 5.69 Å². The average molecular weight is 262 g/mol. The number of hydrogen-bond donors (Lipinski definition) is 2. The van der Waals surface area contributed by atoms with E-state index in [9.17, 15) is 5.11 Å². The number of nitrogens with one attached hydrogen (secondary N) is 1. The molecule has 1 heterocycles. The Morgan fingerprint density at radius 1 is 1.42 bits per heavy atom. The number of aryl methyl sites for hydroxylation is 1. The van der Waals surface area contributed by atoms with Gasteiger partial charge in [0.05, 0.1) is 0 Å². The first-order valence-electron chi connectivity index (χ1n) is 7.29. The van der Waals surface area contributed by atoms with Gasteiger partial charge in [-0.25, -0.2) is 0 Å². The summed E-state index contributed by atoms with van der Waals surface area (Å²) in [7, 11) is 0. The van der Waals surface area contributed by atoms with Crippen molar-refractivity contribution in [3.63, 3.8) is 0 Å². The maximum absolute atomic E-state index is 9.28. The van der Waals surface area contributed by atoms with Gasteiger partial charge < -0.3 is 15.3 Å². The van der Waals surface area contributed by atoms with Crippen LogP contribution in [0.25, 0.3) is 0 Å². The first-order valence-corrected chi connectivity index (χ1v) is 7.29. The van der Waals surface area contributed by atoms with E-state index >= 15 is 0 Å². The topological polar surface area (TPSA) is 35.5 Å². The van der Waals surface area contributed by atoms with E-state index in [0.29, 0.717) is 18.6 Å². The molecule has 2 rings (SSSR count). The Hall–Kier alpha value is -1.06. The third-order valence-electron chi connectivity index (χ3n) is 3.82. The van der Waals surface area contributed by atoms with Gasteiger partial charge in [-0.3, -0.25) is 0 Å². The highest BCUT2D eigenvalue weighted by Crippen LogP contribution is 2.27. The van der Waals surface area contributed by atoms with Crippen molar-refractivity contribution in [2.75, 3.05) is 24.6 Å². The second-order valence-electron chi connectivity index (χ2n) is 5.95. The van der Waals surface area contributed by atoms with Gasteiger partial charge in [0.2, 0.25) is 0 Å². The van der Waals surface area contributed by atoms with Crippen LogP contribution in [0.2, 0.25) is 0 Å². The van der Waals surface area contributed by atoms with Crippen molar-refractivity contribution in [3.05, 3.63) is 29.3 Å². The van der Waals surface area contributed by atoms with E-state index in [1.807, 2.05) is 0 Å². The van der Waals surface area contributed by atoms with Gasteiger partial charge in [-0.2, -0.15) is 0 Å². The van der Waals surface area contributed by atoms with Crippen LogP contribution in [-0.4, -0.2) is 30.8 Å². The molecule has 0 bridgehead atoms. The van der Waals surface area contributed by atoms with Crippen LogP contribution in [-0.2, 0) is 6.54 Å². The van der Waals surface area contributed by atoms with E-state index in [1.165, 1.54) is 16.8 Å². The van der Waals surface area contributed by atoms with Crippen LogP contribution in [0.15, 0.2) is 18.2 Å². The molecule has 0 aromatic heterocycles. The van der Waals surface area contributed by atoms with Gasteiger partial charge in [0, 0.05) is 43.9 Å². The van der Waals surface area contributed by atoms with E-state index < -0.39 is 0 Å². The number of anilines is 1. The third kappa shape index (κ3) is 3.71. The van der Waals surface area contributed by atoms with Gasteiger partial charge in [0.25, 0.3) is 0 Å². The molecule has 0 radical (unpaired) electrons. The highest BCUT2D eigenvalue weighted by atomic mass is 16.3. The smallest absolute Gasteiger partial charge is 0.0476 e. The number of nitrogens with zero attached hydrogens (tertiary/aromatic N) is 1. The van der Waals surface area contributed by atoms with Crippen molar-refractivity contribution in [1.82, 2.24) is 5.32 Å². The molecule has 1 aliphatic heterocycles. The van der Waals surface area contributed by atoms with Crippen molar-refractivity contribution in [2.24, 2.45) is 5.92 Å². The summed E-state index contributed by atoms with van der Waals surface area (Å²) >= 11 is 0. The van der Waals surface area contributed by atoms with Crippen LogP contribution in [0.5, 0.6) is 0 Å². The Morgan fingerprint density at radius 3 is 2.84 bits per heavy atom. The summed E-state index contributed by atoms with van der Waals surface area (Å²) in [5, 5.41) is 12.8. The number of hydrogen-bond acceptors (Lipinski definition) is 3. The van der Waals surface area contributed by atoms with Crippen LogP contribution < -0.4 is 10.2 Å². The minimum Gasteiger partial charge on any atom is -0.396 e. The number of aliphatic hydroxyl groups excluding tert-OH is 1. The molecular weight excluding hydrogens is 236 g/mol. The second-order valence-corrected chi connectivity index (χ2v) is 5.95. The lowest BCUT2D eigenvalue weighted by Crippen LogP contribution is -2.26. The fourth-order valence-corrected chi connectivity index (χ4v) is 2.68. The molecule has 1 atom stereocenters. The summed E-state index contributed by atoms with van der Waals surface area (Å²) in [4.78, 5) is 2.41. The van der Waals surface area contributed by atoms with Crippen molar-refractivity contribution in [3.8, 4) is 0 Å². The zero-order valence-corrected chi connectivity index (χ0v) is 12.3. The molecule has 1 aromatic rings. The molecule has 2 N–H and O–H groups in total. The third-order valence-corrected chi connectivity index (χ3v) is 3.82. The highest BCUT2D eigenvalue weighted by molar-refractivity contribution is 5.55. The summed E-state index contributed by atoms with van der Waals surface area (Å²) in [5.41, 5.74) is 4.00. The first kappa shape index (κ1) is 14.4. The number of benzene rings is 1. The molecule has 1 aromatic carbocycles. The zero-order valence-electron chi connectivity index (χ0n) is 12.3. The fourth-order valence-electron chi connectivity index (χ4n) is 2.68. The quantitative estimate of drug-likeness (QED) is 0.855. The second kappa shape index (κ2) is 6.40. The standard InChI is InChI=1S/C16H26N2O/c1-12(2)17-9-15-8-13(3)4-5-16(15)18-7-6-14(10-18)11-19/h4-5,8,12,14,17,19H,6-7,9-11H2,1-3H3. The lowest BCUT2D eigenvalue weighted by atomic mass is 10.1. The lowest BCUT2D eigenvalue weighted by Gasteiger charge is -2.23. The van der Waals surface area contributed by atoms with Crippen molar-refractivity contribution in [2.45, 2.75) is 39.8 Å². The van der Waals surface area contributed by atoms with Crippen molar-refractivity contribution < 1.29 is 5.11 Å². The Balaban J connectivity index is 2.14. The summed E-state index contributed by atoms with van der Waals surface area (Å²) in [6, 6.07) is 7.18. The maximum Gasteiger partial charge on any atom is 0.0476 e. The number of aliphatic hydroxyl groups is 1. The van der Waals surface area contributed by atoms with E-state index in [1.54, 1.807) is 0 Å². The van der Waals surface area contributed by atoms with Gasteiger partial charge >= 0.3 is 0 Å². The first-order chi connectivity index (χ1) is 9.10. The Kier molecular flexibility index (Phi) is 4.83. The summed E-state index contributed by atoms with van der Waals surface area (Å²) in [6.07, 6.45) is 1.10. The largest absolute Gasteiger partial charge is 0.396 e. The molecule has 106 valence electrons. The monoisotopic (exact) mass is 262 g/mol. The van der Waals surface area contributed by atoms with Gasteiger partial charge in [0.15, 0.2) is 0 Å². The van der Waals surface area contributed by atoms with Crippen LogP contribution >= 0.6 is 0 Å².